The summed E-state index contributed by atoms with van der Waals surface area (Å²) in [6, 6.07) is 8.33. The van der Waals surface area contributed by atoms with E-state index in [1.54, 1.807) is 6.92 Å². The van der Waals surface area contributed by atoms with Gasteiger partial charge in [0.1, 0.15) is 5.75 Å². The third-order valence-electron chi connectivity index (χ3n) is 2.78. The number of carbonyl (C=O) groups is 1. The molecular weight excluding hydrogens is 252 g/mol. The number of benzene rings is 1. The maximum absolute atomic E-state index is 11.9. The molecule has 0 heterocycles. The van der Waals surface area contributed by atoms with Gasteiger partial charge in [-0.1, -0.05) is 32.0 Å². The van der Waals surface area contributed by atoms with Gasteiger partial charge in [0, 0.05) is 24.2 Å². The number of amides is 1. The first-order valence-electron chi connectivity index (χ1n) is 7.18. The lowest BCUT2D eigenvalue weighted by molar-refractivity contribution is -0.127. The Labute approximate surface area is 121 Å². The molecule has 0 spiro atoms. The van der Waals surface area contributed by atoms with Crippen LogP contribution in [0.1, 0.15) is 40.2 Å². The number of hydrogen-bond donors (Lipinski definition) is 2. The molecule has 0 fully saturated rings. The molecule has 0 aliphatic heterocycles. The van der Waals surface area contributed by atoms with Gasteiger partial charge in [0.2, 0.25) is 0 Å². The normalized spacial score (nSPS) is 12.6. The van der Waals surface area contributed by atoms with E-state index in [-0.39, 0.29) is 11.9 Å². The van der Waals surface area contributed by atoms with Crippen LogP contribution in [0.15, 0.2) is 24.3 Å². The number of nitrogens with one attached hydrogen (secondary N) is 2. The van der Waals surface area contributed by atoms with Gasteiger partial charge in [-0.05, 0) is 26.8 Å². The highest BCUT2D eigenvalue weighted by Gasteiger charge is 2.16. The van der Waals surface area contributed by atoms with Crippen LogP contribution in [-0.2, 0) is 11.3 Å². The molecule has 0 radical (unpaired) electrons. The summed E-state index contributed by atoms with van der Waals surface area (Å²) >= 11 is 0. The molecule has 1 rings (SSSR count). The van der Waals surface area contributed by atoms with E-state index in [4.69, 9.17) is 4.74 Å². The van der Waals surface area contributed by atoms with Crippen molar-refractivity contribution in [2.24, 2.45) is 0 Å². The molecule has 0 bridgehead atoms. The second-order valence-electron chi connectivity index (χ2n) is 5.57. The third-order valence-corrected chi connectivity index (χ3v) is 2.78. The Morgan fingerprint density at radius 2 is 1.75 bits per heavy atom. The molecule has 1 amide bonds. The minimum Gasteiger partial charge on any atom is -0.481 e. The van der Waals surface area contributed by atoms with Crippen LogP contribution in [0.25, 0.3) is 0 Å². The van der Waals surface area contributed by atoms with E-state index < -0.39 is 6.10 Å². The zero-order valence-corrected chi connectivity index (χ0v) is 13.1. The number of ether oxygens (including phenoxy) is 1. The van der Waals surface area contributed by atoms with Gasteiger partial charge >= 0.3 is 0 Å². The molecule has 0 saturated heterocycles. The molecule has 0 aliphatic rings. The SMILES string of the molecule is CC(C)NCc1ccccc1OC(C)C(=O)NC(C)C. The van der Waals surface area contributed by atoms with E-state index in [1.165, 1.54) is 0 Å². The third kappa shape index (κ3) is 5.61. The second-order valence-corrected chi connectivity index (χ2v) is 5.57. The topological polar surface area (TPSA) is 50.4 Å². The Bertz CT molecular complexity index is 430. The average molecular weight is 278 g/mol. The predicted octanol–water partition coefficient (Wildman–Crippen LogP) is 2.48. The lowest BCUT2D eigenvalue weighted by Crippen LogP contribution is -2.40. The minimum absolute atomic E-state index is 0.0911. The van der Waals surface area contributed by atoms with Crippen molar-refractivity contribution < 1.29 is 9.53 Å². The highest BCUT2D eigenvalue weighted by Crippen LogP contribution is 2.19. The summed E-state index contributed by atoms with van der Waals surface area (Å²) in [6.07, 6.45) is -0.502. The molecule has 0 aliphatic carbocycles. The van der Waals surface area contributed by atoms with Crippen LogP contribution < -0.4 is 15.4 Å². The van der Waals surface area contributed by atoms with Gasteiger partial charge in [0.25, 0.3) is 5.91 Å². The summed E-state index contributed by atoms with van der Waals surface area (Å²) < 4.78 is 5.79. The standard InChI is InChI=1S/C16H26N2O2/c1-11(2)17-10-14-8-6-7-9-15(14)20-13(5)16(19)18-12(3)4/h6-9,11-13,17H,10H2,1-5H3,(H,18,19). The van der Waals surface area contributed by atoms with Gasteiger partial charge in [-0.2, -0.15) is 0 Å². The first-order chi connectivity index (χ1) is 9.40. The maximum atomic E-state index is 11.9. The van der Waals surface area contributed by atoms with Gasteiger partial charge < -0.3 is 15.4 Å². The highest BCUT2D eigenvalue weighted by molar-refractivity contribution is 5.80. The van der Waals surface area contributed by atoms with Crippen LogP contribution >= 0.6 is 0 Å². The molecular formula is C16H26N2O2. The van der Waals surface area contributed by atoms with E-state index in [9.17, 15) is 4.79 Å². The molecule has 4 nitrogen and oxygen atoms in total. The summed E-state index contributed by atoms with van der Waals surface area (Å²) in [5, 5.41) is 6.21. The van der Waals surface area contributed by atoms with Crippen LogP contribution in [0.4, 0.5) is 0 Å². The van der Waals surface area contributed by atoms with Gasteiger partial charge in [0.05, 0.1) is 0 Å². The summed E-state index contributed by atoms with van der Waals surface area (Å²) in [4.78, 5) is 11.9. The number of hydrogen-bond acceptors (Lipinski definition) is 3. The quantitative estimate of drug-likeness (QED) is 0.805. The minimum atomic E-state index is -0.502. The van der Waals surface area contributed by atoms with E-state index in [0.717, 1.165) is 17.9 Å². The lowest BCUT2D eigenvalue weighted by atomic mass is 10.2. The average Bonchev–Trinajstić information content (AvgIpc) is 2.36. The van der Waals surface area contributed by atoms with Crippen molar-refractivity contribution in [3.63, 3.8) is 0 Å². The second kappa shape index (κ2) is 7.90. The largest absolute Gasteiger partial charge is 0.481 e. The summed E-state index contributed by atoms with van der Waals surface area (Å²) in [6.45, 7) is 10.6. The Kier molecular flexibility index (Phi) is 6.52. The Balaban J connectivity index is 2.69. The van der Waals surface area contributed by atoms with Gasteiger partial charge in [-0.3, -0.25) is 4.79 Å². The molecule has 20 heavy (non-hydrogen) atoms. The number of carbonyl (C=O) groups excluding carboxylic acids is 1. The van der Waals surface area contributed by atoms with E-state index in [2.05, 4.69) is 24.5 Å². The monoisotopic (exact) mass is 278 g/mol. The first kappa shape index (κ1) is 16.5. The maximum Gasteiger partial charge on any atom is 0.260 e. The van der Waals surface area contributed by atoms with Crippen LogP contribution in [0.5, 0.6) is 5.75 Å². The number of para-hydroxylation sites is 1. The van der Waals surface area contributed by atoms with E-state index >= 15 is 0 Å². The Morgan fingerprint density at radius 1 is 1.10 bits per heavy atom. The summed E-state index contributed by atoms with van der Waals surface area (Å²) in [5.74, 6) is 0.665. The van der Waals surface area contributed by atoms with E-state index in [0.29, 0.717) is 6.04 Å². The van der Waals surface area contributed by atoms with Gasteiger partial charge in [-0.15, -0.1) is 0 Å². The first-order valence-corrected chi connectivity index (χ1v) is 7.18. The van der Waals surface area contributed by atoms with Crippen LogP contribution in [0, 0.1) is 0 Å². The zero-order chi connectivity index (χ0) is 15.1. The van der Waals surface area contributed by atoms with Gasteiger partial charge in [-0.25, -0.2) is 0 Å². The molecule has 1 atom stereocenters. The highest BCUT2D eigenvalue weighted by atomic mass is 16.5. The number of rotatable bonds is 7. The van der Waals surface area contributed by atoms with Crippen molar-refractivity contribution in [2.75, 3.05) is 0 Å². The predicted molar refractivity (Wildman–Crippen MR) is 81.8 cm³/mol. The van der Waals surface area contributed by atoms with Crippen molar-refractivity contribution >= 4 is 5.91 Å². The molecule has 1 aromatic carbocycles. The molecule has 1 aromatic rings. The Hall–Kier alpha value is -1.55. The van der Waals surface area contributed by atoms with E-state index in [1.807, 2.05) is 38.1 Å². The van der Waals surface area contributed by atoms with Crippen molar-refractivity contribution in [3.05, 3.63) is 29.8 Å². The lowest BCUT2D eigenvalue weighted by Gasteiger charge is -2.19. The smallest absolute Gasteiger partial charge is 0.260 e. The van der Waals surface area contributed by atoms with Gasteiger partial charge in [0.15, 0.2) is 6.10 Å². The van der Waals surface area contributed by atoms with Crippen molar-refractivity contribution in [1.82, 2.24) is 10.6 Å². The molecule has 112 valence electrons. The Morgan fingerprint density at radius 3 is 2.35 bits per heavy atom. The van der Waals surface area contributed by atoms with Crippen LogP contribution in [0.2, 0.25) is 0 Å². The molecule has 4 heteroatoms. The molecule has 1 unspecified atom stereocenters. The van der Waals surface area contributed by atoms with Crippen LogP contribution in [-0.4, -0.2) is 24.1 Å². The summed E-state index contributed by atoms with van der Waals surface area (Å²) in [7, 11) is 0. The van der Waals surface area contributed by atoms with Crippen molar-refractivity contribution in [2.45, 2.75) is 59.4 Å². The fourth-order valence-corrected chi connectivity index (χ4v) is 1.72. The van der Waals surface area contributed by atoms with Crippen LogP contribution in [0.3, 0.4) is 0 Å². The van der Waals surface area contributed by atoms with Crippen molar-refractivity contribution in [3.8, 4) is 5.75 Å². The summed E-state index contributed by atoms with van der Waals surface area (Å²) in [5.41, 5.74) is 1.06. The fourth-order valence-electron chi connectivity index (χ4n) is 1.72. The molecule has 0 saturated carbocycles. The molecule has 2 N–H and O–H groups in total. The fraction of sp³-hybridized carbons (Fsp3) is 0.562. The zero-order valence-electron chi connectivity index (χ0n) is 13.1. The van der Waals surface area contributed by atoms with Crippen molar-refractivity contribution in [1.29, 1.82) is 0 Å². The molecule has 0 aromatic heterocycles.